The zero-order valence-corrected chi connectivity index (χ0v) is 11.8. The Balaban J connectivity index is 2.82. The lowest BCUT2D eigenvalue weighted by atomic mass is 10.1. The standard InChI is InChI=1S/C13H15ClF3NO2/c1-8(2)5-12(19)18-10-6-9(14)3-4-11(10)20-7-13(15,16)17/h3-4,6,8H,5,7H2,1-2H3,(H,18,19). The van der Waals surface area contributed by atoms with Gasteiger partial charge in [0, 0.05) is 11.4 Å². The van der Waals surface area contributed by atoms with Crippen LogP contribution in [0.2, 0.25) is 5.02 Å². The SMILES string of the molecule is CC(C)CC(=O)Nc1cc(Cl)ccc1OCC(F)(F)F. The van der Waals surface area contributed by atoms with Crippen molar-refractivity contribution in [1.82, 2.24) is 0 Å². The molecule has 0 aromatic heterocycles. The molecule has 0 aliphatic carbocycles. The monoisotopic (exact) mass is 309 g/mol. The average molecular weight is 310 g/mol. The van der Waals surface area contributed by atoms with Crippen molar-refractivity contribution in [3.05, 3.63) is 23.2 Å². The summed E-state index contributed by atoms with van der Waals surface area (Å²) in [7, 11) is 0. The molecule has 0 spiro atoms. The van der Waals surface area contributed by atoms with Crippen LogP contribution in [-0.2, 0) is 4.79 Å². The molecular formula is C13H15ClF3NO2. The van der Waals surface area contributed by atoms with E-state index in [1.807, 2.05) is 13.8 Å². The number of nitrogens with one attached hydrogen (secondary N) is 1. The maximum Gasteiger partial charge on any atom is 0.422 e. The van der Waals surface area contributed by atoms with Crippen LogP contribution in [0, 0.1) is 5.92 Å². The third-order valence-corrected chi connectivity index (χ3v) is 2.44. The molecule has 0 aliphatic heterocycles. The van der Waals surface area contributed by atoms with Gasteiger partial charge in [0.1, 0.15) is 5.75 Å². The van der Waals surface area contributed by atoms with E-state index < -0.39 is 12.8 Å². The summed E-state index contributed by atoms with van der Waals surface area (Å²) in [6.45, 7) is 2.29. The number of alkyl halides is 3. The quantitative estimate of drug-likeness (QED) is 0.882. The summed E-state index contributed by atoms with van der Waals surface area (Å²) in [5, 5.41) is 2.80. The second-order valence-corrected chi connectivity index (χ2v) is 5.13. The van der Waals surface area contributed by atoms with E-state index >= 15 is 0 Å². The zero-order chi connectivity index (χ0) is 15.3. The number of ether oxygens (including phenoxy) is 1. The Morgan fingerprint density at radius 1 is 1.40 bits per heavy atom. The number of anilines is 1. The second-order valence-electron chi connectivity index (χ2n) is 4.69. The number of rotatable bonds is 5. The van der Waals surface area contributed by atoms with E-state index in [1.54, 1.807) is 0 Å². The Morgan fingerprint density at radius 3 is 2.60 bits per heavy atom. The van der Waals surface area contributed by atoms with Crippen molar-refractivity contribution in [1.29, 1.82) is 0 Å². The molecular weight excluding hydrogens is 295 g/mol. The minimum atomic E-state index is -4.45. The van der Waals surface area contributed by atoms with Gasteiger partial charge >= 0.3 is 6.18 Å². The zero-order valence-electron chi connectivity index (χ0n) is 11.1. The van der Waals surface area contributed by atoms with Gasteiger partial charge in [-0.05, 0) is 24.1 Å². The highest BCUT2D eigenvalue weighted by Gasteiger charge is 2.29. The molecule has 0 atom stereocenters. The summed E-state index contributed by atoms with van der Waals surface area (Å²) < 4.78 is 41.1. The van der Waals surface area contributed by atoms with Crippen molar-refractivity contribution in [3.63, 3.8) is 0 Å². The van der Waals surface area contributed by atoms with Crippen molar-refractivity contribution in [3.8, 4) is 5.75 Å². The Kier molecular flexibility index (Phi) is 5.68. The maximum absolute atomic E-state index is 12.1. The number of hydrogen-bond acceptors (Lipinski definition) is 2. The van der Waals surface area contributed by atoms with Crippen molar-refractivity contribution in [2.24, 2.45) is 5.92 Å². The molecule has 0 aliphatic rings. The highest BCUT2D eigenvalue weighted by Crippen LogP contribution is 2.30. The topological polar surface area (TPSA) is 38.3 Å². The lowest BCUT2D eigenvalue weighted by molar-refractivity contribution is -0.153. The molecule has 0 fully saturated rings. The summed E-state index contributed by atoms with van der Waals surface area (Å²) in [5.41, 5.74) is 0.132. The van der Waals surface area contributed by atoms with E-state index in [-0.39, 0.29) is 29.7 Å². The first-order valence-corrected chi connectivity index (χ1v) is 6.34. The Labute approximate surface area is 120 Å². The van der Waals surface area contributed by atoms with Gasteiger partial charge in [0.15, 0.2) is 6.61 Å². The Hall–Kier alpha value is -1.43. The average Bonchev–Trinajstić information content (AvgIpc) is 2.25. The van der Waals surface area contributed by atoms with E-state index in [9.17, 15) is 18.0 Å². The van der Waals surface area contributed by atoms with Gasteiger partial charge in [-0.3, -0.25) is 4.79 Å². The van der Waals surface area contributed by atoms with Crippen LogP contribution in [0.4, 0.5) is 18.9 Å². The van der Waals surface area contributed by atoms with Gasteiger partial charge in [-0.2, -0.15) is 13.2 Å². The minimum absolute atomic E-state index is 0.0659. The highest BCUT2D eigenvalue weighted by molar-refractivity contribution is 6.31. The molecule has 0 saturated carbocycles. The summed E-state index contributed by atoms with van der Waals surface area (Å²) >= 11 is 5.77. The Morgan fingerprint density at radius 2 is 2.05 bits per heavy atom. The molecule has 3 nitrogen and oxygen atoms in total. The van der Waals surface area contributed by atoms with E-state index in [0.29, 0.717) is 5.02 Å². The fourth-order valence-electron chi connectivity index (χ4n) is 1.46. The van der Waals surface area contributed by atoms with Crippen LogP contribution in [-0.4, -0.2) is 18.7 Å². The predicted molar refractivity (Wildman–Crippen MR) is 71.1 cm³/mol. The molecule has 112 valence electrons. The van der Waals surface area contributed by atoms with Gasteiger partial charge < -0.3 is 10.1 Å². The van der Waals surface area contributed by atoms with Gasteiger partial charge in [0.25, 0.3) is 0 Å². The minimum Gasteiger partial charge on any atom is -0.482 e. The maximum atomic E-state index is 12.1. The smallest absolute Gasteiger partial charge is 0.422 e. The van der Waals surface area contributed by atoms with Crippen LogP contribution in [0.5, 0.6) is 5.75 Å². The van der Waals surface area contributed by atoms with Crippen LogP contribution in [0.15, 0.2) is 18.2 Å². The van der Waals surface area contributed by atoms with Crippen LogP contribution < -0.4 is 10.1 Å². The lowest BCUT2D eigenvalue weighted by Crippen LogP contribution is -2.20. The Bertz CT molecular complexity index is 475. The normalized spacial score (nSPS) is 11.6. The first-order chi connectivity index (χ1) is 9.17. The molecule has 0 heterocycles. The third kappa shape index (κ3) is 6.14. The third-order valence-electron chi connectivity index (χ3n) is 2.20. The van der Waals surface area contributed by atoms with Crippen LogP contribution in [0.25, 0.3) is 0 Å². The van der Waals surface area contributed by atoms with Crippen molar-refractivity contribution in [2.45, 2.75) is 26.4 Å². The van der Waals surface area contributed by atoms with E-state index in [0.717, 1.165) is 0 Å². The van der Waals surface area contributed by atoms with E-state index in [2.05, 4.69) is 10.1 Å². The summed E-state index contributed by atoms with van der Waals surface area (Å²) in [6.07, 6.45) is -4.19. The van der Waals surface area contributed by atoms with Gasteiger partial charge in [0.2, 0.25) is 5.91 Å². The summed E-state index contributed by atoms with van der Waals surface area (Å²) in [6, 6.07) is 4.04. The second kappa shape index (κ2) is 6.83. The molecule has 1 aromatic rings. The van der Waals surface area contributed by atoms with Crippen LogP contribution >= 0.6 is 11.6 Å². The molecule has 7 heteroatoms. The van der Waals surface area contributed by atoms with Gasteiger partial charge in [0.05, 0.1) is 5.69 Å². The molecule has 0 saturated heterocycles. The fourth-order valence-corrected chi connectivity index (χ4v) is 1.63. The number of amides is 1. The summed E-state index contributed by atoms with van der Waals surface area (Å²) in [4.78, 5) is 11.7. The lowest BCUT2D eigenvalue weighted by Gasteiger charge is -2.14. The molecule has 1 N–H and O–H groups in total. The molecule has 0 bridgehead atoms. The van der Waals surface area contributed by atoms with Gasteiger partial charge in [-0.15, -0.1) is 0 Å². The molecule has 1 rings (SSSR count). The van der Waals surface area contributed by atoms with Gasteiger partial charge in [-0.1, -0.05) is 25.4 Å². The molecule has 1 amide bonds. The molecule has 0 radical (unpaired) electrons. The number of carbonyl (C=O) groups excluding carboxylic acids is 1. The van der Waals surface area contributed by atoms with Crippen molar-refractivity contribution >= 4 is 23.2 Å². The predicted octanol–water partition coefficient (Wildman–Crippen LogP) is 4.27. The van der Waals surface area contributed by atoms with E-state index in [4.69, 9.17) is 11.6 Å². The van der Waals surface area contributed by atoms with Crippen molar-refractivity contribution < 1.29 is 22.7 Å². The highest BCUT2D eigenvalue weighted by atomic mass is 35.5. The number of halogens is 4. The fraction of sp³-hybridized carbons (Fsp3) is 0.462. The van der Waals surface area contributed by atoms with Gasteiger partial charge in [-0.25, -0.2) is 0 Å². The first-order valence-electron chi connectivity index (χ1n) is 5.96. The largest absolute Gasteiger partial charge is 0.482 e. The van der Waals surface area contributed by atoms with E-state index in [1.165, 1.54) is 18.2 Å². The first kappa shape index (κ1) is 16.6. The summed E-state index contributed by atoms with van der Waals surface area (Å²) in [5.74, 6) is -0.239. The van der Waals surface area contributed by atoms with Crippen LogP contribution in [0.1, 0.15) is 20.3 Å². The van der Waals surface area contributed by atoms with Crippen LogP contribution in [0.3, 0.4) is 0 Å². The number of carbonyl (C=O) groups is 1. The molecule has 0 unspecified atom stereocenters. The number of hydrogen-bond donors (Lipinski definition) is 1. The molecule has 1 aromatic carbocycles. The van der Waals surface area contributed by atoms with Crippen molar-refractivity contribution in [2.75, 3.05) is 11.9 Å². The molecule has 20 heavy (non-hydrogen) atoms. The number of benzene rings is 1.